The summed E-state index contributed by atoms with van der Waals surface area (Å²) in [6.07, 6.45) is 3.44. The minimum Gasteiger partial charge on any atom is -0.496 e. The van der Waals surface area contributed by atoms with Crippen LogP contribution in [0.1, 0.15) is 5.56 Å². The molecule has 2 aromatic heterocycles. The van der Waals surface area contributed by atoms with E-state index in [0.717, 1.165) is 33.6 Å². The molecule has 0 aliphatic rings. The van der Waals surface area contributed by atoms with Gasteiger partial charge in [-0.25, -0.2) is 4.39 Å². The average molecular weight is 394 g/mol. The summed E-state index contributed by atoms with van der Waals surface area (Å²) in [5, 5.41) is 4.75. The molecule has 0 saturated heterocycles. The maximum Gasteiger partial charge on any atom is 0.132 e. The van der Waals surface area contributed by atoms with Crippen molar-refractivity contribution in [3.05, 3.63) is 77.3 Å². The Balaban J connectivity index is 1.81. The predicted octanol–water partition coefficient (Wildman–Crippen LogP) is 6.15. The number of aryl methyl sites for hydroxylation is 1. The number of nitrogens with one attached hydrogen (secondary N) is 1. The summed E-state index contributed by atoms with van der Waals surface area (Å²) in [5.74, 6) is 0.351. The van der Waals surface area contributed by atoms with E-state index < -0.39 is 0 Å². The molecular weight excluding hydrogens is 377 g/mol. The molecular formula is C22H17ClFN3O. The van der Waals surface area contributed by atoms with Crippen molar-refractivity contribution in [1.29, 1.82) is 0 Å². The van der Waals surface area contributed by atoms with Crippen molar-refractivity contribution in [3.63, 3.8) is 0 Å². The Hall–Kier alpha value is -3.18. The van der Waals surface area contributed by atoms with Crippen LogP contribution in [0, 0.1) is 12.7 Å². The Morgan fingerprint density at radius 1 is 1.04 bits per heavy atom. The van der Waals surface area contributed by atoms with E-state index in [-0.39, 0.29) is 5.82 Å². The molecule has 0 atom stereocenters. The molecule has 1 N–H and O–H groups in total. The van der Waals surface area contributed by atoms with Crippen LogP contribution in [0.25, 0.3) is 22.2 Å². The number of halogens is 2. The van der Waals surface area contributed by atoms with E-state index >= 15 is 0 Å². The first kappa shape index (κ1) is 18.2. The number of nitrogens with zero attached hydrogens (tertiary/aromatic N) is 2. The highest BCUT2D eigenvalue weighted by atomic mass is 35.5. The fourth-order valence-corrected chi connectivity index (χ4v) is 3.26. The molecule has 2 aromatic carbocycles. The van der Waals surface area contributed by atoms with Gasteiger partial charge in [0.25, 0.3) is 0 Å². The topological polar surface area (TPSA) is 47.0 Å². The van der Waals surface area contributed by atoms with Crippen molar-refractivity contribution in [2.45, 2.75) is 6.92 Å². The summed E-state index contributed by atoms with van der Waals surface area (Å²) in [5.41, 5.74) is 4.24. The lowest BCUT2D eigenvalue weighted by molar-refractivity contribution is 0.420. The fourth-order valence-electron chi connectivity index (χ4n) is 3.09. The number of hydrogen-bond donors (Lipinski definition) is 1. The van der Waals surface area contributed by atoms with Crippen LogP contribution >= 0.6 is 11.6 Å². The highest BCUT2D eigenvalue weighted by Crippen LogP contribution is 2.34. The Morgan fingerprint density at radius 3 is 2.71 bits per heavy atom. The van der Waals surface area contributed by atoms with E-state index in [0.29, 0.717) is 16.3 Å². The zero-order chi connectivity index (χ0) is 19.7. The molecule has 0 unspecified atom stereocenters. The monoisotopic (exact) mass is 393 g/mol. The van der Waals surface area contributed by atoms with Gasteiger partial charge in [0.05, 0.1) is 29.4 Å². The van der Waals surface area contributed by atoms with Crippen LogP contribution in [-0.4, -0.2) is 17.1 Å². The zero-order valence-electron chi connectivity index (χ0n) is 15.3. The molecule has 4 aromatic rings. The van der Waals surface area contributed by atoms with E-state index in [9.17, 15) is 4.39 Å². The first-order valence-electron chi connectivity index (χ1n) is 8.67. The van der Waals surface area contributed by atoms with Gasteiger partial charge < -0.3 is 10.1 Å². The van der Waals surface area contributed by atoms with Gasteiger partial charge in [-0.3, -0.25) is 9.97 Å². The molecule has 4 nitrogen and oxygen atoms in total. The maximum absolute atomic E-state index is 14.3. The highest BCUT2D eigenvalue weighted by molar-refractivity contribution is 6.30. The normalized spacial score (nSPS) is 10.9. The molecule has 0 spiro atoms. The number of fused-ring (bicyclic) bond motifs is 1. The second kappa shape index (κ2) is 7.44. The van der Waals surface area contributed by atoms with Gasteiger partial charge in [-0.15, -0.1) is 0 Å². The zero-order valence-corrected chi connectivity index (χ0v) is 16.1. The first-order valence-corrected chi connectivity index (χ1v) is 9.05. The second-order valence-electron chi connectivity index (χ2n) is 6.35. The van der Waals surface area contributed by atoms with Gasteiger partial charge in [0.15, 0.2) is 0 Å². The number of hydrogen-bond acceptors (Lipinski definition) is 4. The molecule has 0 aliphatic heterocycles. The summed E-state index contributed by atoms with van der Waals surface area (Å²) >= 11 is 6.04. The predicted molar refractivity (Wildman–Crippen MR) is 111 cm³/mol. The molecule has 6 heteroatoms. The van der Waals surface area contributed by atoms with E-state index in [1.165, 1.54) is 12.1 Å². The summed E-state index contributed by atoms with van der Waals surface area (Å²) in [4.78, 5) is 8.78. The Labute approximate surface area is 167 Å². The van der Waals surface area contributed by atoms with Gasteiger partial charge in [0.1, 0.15) is 11.6 Å². The minimum atomic E-state index is -0.372. The van der Waals surface area contributed by atoms with Gasteiger partial charge in [-0.05, 0) is 55.0 Å². The Morgan fingerprint density at radius 2 is 1.89 bits per heavy atom. The van der Waals surface area contributed by atoms with Gasteiger partial charge in [0, 0.05) is 28.7 Å². The van der Waals surface area contributed by atoms with Crippen LogP contribution < -0.4 is 10.1 Å². The number of anilines is 2. The van der Waals surface area contributed by atoms with Crippen molar-refractivity contribution < 1.29 is 9.13 Å². The Bertz CT molecular complexity index is 1170. The lowest BCUT2D eigenvalue weighted by atomic mass is 10.1. The molecule has 28 heavy (non-hydrogen) atoms. The number of rotatable bonds is 4. The standard InChI is InChI=1S/C22H17ClFN3O/c1-13-12-26-20(15-10-14(23)6-7-16(15)24)11-19(13)27-18-8-9-25-17-4-3-5-21(28-2)22(17)18/h3-12H,1-2H3,(H,25,26,27). The van der Waals surface area contributed by atoms with E-state index in [1.807, 2.05) is 37.3 Å². The van der Waals surface area contributed by atoms with Crippen LogP contribution in [0.4, 0.5) is 15.8 Å². The third-order valence-corrected chi connectivity index (χ3v) is 4.76. The van der Waals surface area contributed by atoms with Crippen molar-refractivity contribution in [2.24, 2.45) is 0 Å². The van der Waals surface area contributed by atoms with Crippen molar-refractivity contribution >= 4 is 33.9 Å². The molecule has 4 rings (SSSR count). The van der Waals surface area contributed by atoms with Gasteiger partial charge in [-0.2, -0.15) is 0 Å². The molecule has 2 heterocycles. The van der Waals surface area contributed by atoms with Crippen LogP contribution in [-0.2, 0) is 0 Å². The minimum absolute atomic E-state index is 0.354. The number of benzene rings is 2. The smallest absolute Gasteiger partial charge is 0.132 e. The summed E-state index contributed by atoms with van der Waals surface area (Å²) < 4.78 is 19.8. The molecule has 140 valence electrons. The van der Waals surface area contributed by atoms with Gasteiger partial charge in [-0.1, -0.05) is 17.7 Å². The Kier molecular flexibility index (Phi) is 4.84. The average Bonchev–Trinajstić information content (AvgIpc) is 2.71. The summed E-state index contributed by atoms with van der Waals surface area (Å²) in [6, 6.07) is 13.8. The quantitative estimate of drug-likeness (QED) is 0.451. The summed E-state index contributed by atoms with van der Waals surface area (Å²) in [7, 11) is 1.63. The highest BCUT2D eigenvalue weighted by Gasteiger charge is 2.12. The van der Waals surface area contributed by atoms with E-state index in [4.69, 9.17) is 16.3 Å². The molecule has 0 fully saturated rings. The molecule has 0 saturated carbocycles. The van der Waals surface area contributed by atoms with Crippen LogP contribution in [0.5, 0.6) is 5.75 Å². The lowest BCUT2D eigenvalue weighted by Crippen LogP contribution is -1.99. The second-order valence-corrected chi connectivity index (χ2v) is 6.78. The van der Waals surface area contributed by atoms with E-state index in [1.54, 1.807) is 25.6 Å². The third kappa shape index (κ3) is 3.37. The van der Waals surface area contributed by atoms with Crippen molar-refractivity contribution in [3.8, 4) is 17.0 Å². The maximum atomic E-state index is 14.3. The number of pyridine rings is 2. The van der Waals surface area contributed by atoms with E-state index in [2.05, 4.69) is 15.3 Å². The largest absolute Gasteiger partial charge is 0.496 e. The molecule has 0 bridgehead atoms. The SMILES string of the molecule is COc1cccc2nccc(Nc3cc(-c4cc(Cl)ccc4F)ncc3C)c12. The summed E-state index contributed by atoms with van der Waals surface area (Å²) in [6.45, 7) is 1.94. The third-order valence-electron chi connectivity index (χ3n) is 4.53. The van der Waals surface area contributed by atoms with Crippen molar-refractivity contribution in [2.75, 3.05) is 12.4 Å². The number of methoxy groups -OCH3 is 1. The van der Waals surface area contributed by atoms with Gasteiger partial charge in [0.2, 0.25) is 0 Å². The van der Waals surface area contributed by atoms with Crippen LogP contribution in [0.15, 0.2) is 60.9 Å². The fraction of sp³-hybridized carbons (Fsp3) is 0.0909. The first-order chi connectivity index (χ1) is 13.6. The molecule has 0 radical (unpaired) electrons. The number of aromatic nitrogens is 2. The molecule has 0 aliphatic carbocycles. The number of ether oxygens (including phenoxy) is 1. The lowest BCUT2D eigenvalue weighted by Gasteiger charge is -2.15. The van der Waals surface area contributed by atoms with Gasteiger partial charge >= 0.3 is 0 Å². The van der Waals surface area contributed by atoms with Crippen LogP contribution in [0.3, 0.4) is 0 Å². The van der Waals surface area contributed by atoms with Crippen molar-refractivity contribution in [1.82, 2.24) is 9.97 Å². The van der Waals surface area contributed by atoms with Crippen LogP contribution in [0.2, 0.25) is 5.02 Å². The molecule has 0 amide bonds.